The van der Waals surface area contributed by atoms with Crippen molar-refractivity contribution < 1.29 is 4.79 Å². The number of aryl methyl sites for hydroxylation is 1. The minimum Gasteiger partial charge on any atom is -0.352 e. The summed E-state index contributed by atoms with van der Waals surface area (Å²) < 4.78 is 0. The zero-order valence-corrected chi connectivity index (χ0v) is 7.71. The van der Waals surface area contributed by atoms with Crippen molar-refractivity contribution in [1.29, 1.82) is 0 Å². The predicted octanol–water partition coefficient (Wildman–Crippen LogP) is 1.42. The van der Waals surface area contributed by atoms with Gasteiger partial charge in [0.05, 0.1) is 0 Å². The highest BCUT2D eigenvalue weighted by atomic mass is 16.2. The largest absolute Gasteiger partial charge is 0.352 e. The van der Waals surface area contributed by atoms with E-state index in [1.165, 1.54) is 5.56 Å². The van der Waals surface area contributed by atoms with Gasteiger partial charge in [-0.2, -0.15) is 0 Å². The number of rotatable bonds is 3. The van der Waals surface area contributed by atoms with Crippen LogP contribution in [0.15, 0.2) is 24.3 Å². The number of carbonyl (C=O) groups excluding carboxylic acids is 1. The summed E-state index contributed by atoms with van der Waals surface area (Å²) in [6.45, 7) is 2.61. The molecular formula is C10H14N2O. The number of carbonyl (C=O) groups is 1. The van der Waals surface area contributed by atoms with E-state index in [1.807, 2.05) is 12.1 Å². The summed E-state index contributed by atoms with van der Waals surface area (Å²) in [6.07, 6.45) is 1.03. The van der Waals surface area contributed by atoms with Crippen LogP contribution in [-0.2, 0) is 13.0 Å². The average molecular weight is 178 g/mol. The van der Waals surface area contributed by atoms with Gasteiger partial charge in [-0.1, -0.05) is 31.2 Å². The third-order valence-electron chi connectivity index (χ3n) is 1.90. The molecule has 0 atom stereocenters. The molecular weight excluding hydrogens is 164 g/mol. The summed E-state index contributed by atoms with van der Waals surface area (Å²) in [5.41, 5.74) is 7.31. The maximum Gasteiger partial charge on any atom is 0.312 e. The van der Waals surface area contributed by atoms with E-state index < -0.39 is 6.03 Å². The minimum absolute atomic E-state index is 0.487. The Kier molecular flexibility index (Phi) is 3.31. The lowest BCUT2D eigenvalue weighted by molar-refractivity contribution is 0.248. The topological polar surface area (TPSA) is 55.1 Å². The minimum atomic E-state index is -0.487. The maximum atomic E-state index is 10.4. The highest BCUT2D eigenvalue weighted by Gasteiger charge is 1.94. The molecule has 1 aromatic carbocycles. The predicted molar refractivity (Wildman–Crippen MR) is 52.2 cm³/mol. The molecule has 0 aliphatic carbocycles. The molecule has 0 aliphatic heterocycles. The Morgan fingerprint density at radius 2 is 1.85 bits per heavy atom. The second kappa shape index (κ2) is 4.50. The summed E-state index contributed by atoms with van der Waals surface area (Å²) >= 11 is 0. The normalized spacial score (nSPS) is 9.62. The van der Waals surface area contributed by atoms with Gasteiger partial charge in [-0.3, -0.25) is 0 Å². The van der Waals surface area contributed by atoms with Crippen LogP contribution in [0.4, 0.5) is 4.79 Å². The van der Waals surface area contributed by atoms with Crippen LogP contribution in [0, 0.1) is 0 Å². The second-order valence-electron chi connectivity index (χ2n) is 2.89. The van der Waals surface area contributed by atoms with E-state index >= 15 is 0 Å². The molecule has 0 radical (unpaired) electrons. The van der Waals surface area contributed by atoms with Crippen molar-refractivity contribution in [3.63, 3.8) is 0 Å². The summed E-state index contributed by atoms with van der Waals surface area (Å²) in [7, 11) is 0. The molecule has 2 amide bonds. The highest BCUT2D eigenvalue weighted by molar-refractivity contribution is 5.71. The van der Waals surface area contributed by atoms with Crippen LogP contribution in [0.25, 0.3) is 0 Å². The van der Waals surface area contributed by atoms with E-state index in [-0.39, 0.29) is 0 Å². The summed E-state index contributed by atoms with van der Waals surface area (Å²) in [6, 6.07) is 7.61. The van der Waals surface area contributed by atoms with E-state index in [0.29, 0.717) is 6.54 Å². The molecule has 3 N–H and O–H groups in total. The van der Waals surface area contributed by atoms with Crippen LogP contribution < -0.4 is 11.1 Å². The molecule has 0 fully saturated rings. The van der Waals surface area contributed by atoms with E-state index in [4.69, 9.17) is 5.73 Å². The molecule has 0 aliphatic rings. The van der Waals surface area contributed by atoms with Crippen LogP contribution in [0.3, 0.4) is 0 Å². The van der Waals surface area contributed by atoms with Crippen molar-refractivity contribution in [3.8, 4) is 0 Å². The molecule has 3 heteroatoms. The molecule has 0 aromatic heterocycles. The second-order valence-corrected chi connectivity index (χ2v) is 2.89. The first-order valence-corrected chi connectivity index (χ1v) is 4.33. The maximum absolute atomic E-state index is 10.4. The average Bonchev–Trinajstić information content (AvgIpc) is 2.15. The van der Waals surface area contributed by atoms with Gasteiger partial charge in [0.25, 0.3) is 0 Å². The number of nitrogens with two attached hydrogens (primary N) is 1. The van der Waals surface area contributed by atoms with Crippen molar-refractivity contribution in [2.75, 3.05) is 0 Å². The molecule has 1 rings (SSSR count). The highest BCUT2D eigenvalue weighted by Crippen LogP contribution is 2.04. The fraction of sp³-hybridized carbons (Fsp3) is 0.300. The first-order chi connectivity index (χ1) is 6.22. The number of primary amides is 1. The van der Waals surface area contributed by atoms with Crippen LogP contribution >= 0.6 is 0 Å². The van der Waals surface area contributed by atoms with Crippen LogP contribution in [-0.4, -0.2) is 6.03 Å². The summed E-state index contributed by atoms with van der Waals surface area (Å²) in [5, 5.41) is 2.54. The molecule has 0 unspecified atom stereocenters. The van der Waals surface area contributed by atoms with E-state index in [9.17, 15) is 4.79 Å². The number of hydrogen-bond donors (Lipinski definition) is 2. The third-order valence-corrected chi connectivity index (χ3v) is 1.90. The molecule has 0 saturated heterocycles. The Morgan fingerprint density at radius 1 is 1.31 bits per heavy atom. The molecule has 0 bridgehead atoms. The summed E-state index contributed by atoms with van der Waals surface area (Å²) in [5.74, 6) is 0. The van der Waals surface area contributed by atoms with Crippen molar-refractivity contribution in [2.24, 2.45) is 5.73 Å². The van der Waals surface area contributed by atoms with Crippen LogP contribution in [0.2, 0.25) is 0 Å². The monoisotopic (exact) mass is 178 g/mol. The van der Waals surface area contributed by atoms with Gasteiger partial charge in [-0.25, -0.2) is 4.79 Å². The van der Waals surface area contributed by atoms with Crippen LogP contribution in [0.1, 0.15) is 18.1 Å². The fourth-order valence-electron chi connectivity index (χ4n) is 1.08. The fourth-order valence-corrected chi connectivity index (χ4v) is 1.08. The SMILES string of the molecule is CCc1ccc(CNC(N)=O)cc1. The quantitative estimate of drug-likeness (QED) is 0.722. The zero-order chi connectivity index (χ0) is 9.68. The van der Waals surface area contributed by atoms with Gasteiger partial charge in [0, 0.05) is 6.54 Å². The van der Waals surface area contributed by atoms with Crippen molar-refractivity contribution in [2.45, 2.75) is 19.9 Å². The number of amides is 2. The van der Waals surface area contributed by atoms with E-state index in [0.717, 1.165) is 12.0 Å². The number of urea groups is 1. The molecule has 13 heavy (non-hydrogen) atoms. The van der Waals surface area contributed by atoms with Gasteiger partial charge in [0.15, 0.2) is 0 Å². The van der Waals surface area contributed by atoms with Gasteiger partial charge in [0.2, 0.25) is 0 Å². The van der Waals surface area contributed by atoms with Crippen LogP contribution in [0.5, 0.6) is 0 Å². The lowest BCUT2D eigenvalue weighted by atomic mass is 10.1. The Labute approximate surface area is 77.9 Å². The molecule has 3 nitrogen and oxygen atoms in total. The van der Waals surface area contributed by atoms with Crippen molar-refractivity contribution in [3.05, 3.63) is 35.4 Å². The first kappa shape index (κ1) is 9.58. The standard InChI is InChI=1S/C10H14N2O/c1-2-8-3-5-9(6-4-8)7-12-10(11)13/h3-6H,2,7H2,1H3,(H3,11,12,13). The molecule has 0 saturated carbocycles. The van der Waals surface area contributed by atoms with Crippen molar-refractivity contribution in [1.82, 2.24) is 5.32 Å². The van der Waals surface area contributed by atoms with Gasteiger partial charge in [-0.15, -0.1) is 0 Å². The van der Waals surface area contributed by atoms with Gasteiger partial charge >= 0.3 is 6.03 Å². The Bertz CT molecular complexity index is 279. The van der Waals surface area contributed by atoms with Gasteiger partial charge < -0.3 is 11.1 Å². The summed E-state index contributed by atoms with van der Waals surface area (Å²) in [4.78, 5) is 10.4. The molecule has 0 heterocycles. The molecule has 70 valence electrons. The Morgan fingerprint density at radius 3 is 2.31 bits per heavy atom. The number of nitrogens with one attached hydrogen (secondary N) is 1. The van der Waals surface area contributed by atoms with E-state index in [1.54, 1.807) is 0 Å². The zero-order valence-electron chi connectivity index (χ0n) is 7.71. The number of benzene rings is 1. The molecule has 0 spiro atoms. The smallest absolute Gasteiger partial charge is 0.312 e. The Balaban J connectivity index is 2.54. The van der Waals surface area contributed by atoms with Gasteiger partial charge in [-0.05, 0) is 17.5 Å². The number of hydrogen-bond acceptors (Lipinski definition) is 1. The third kappa shape index (κ3) is 3.15. The van der Waals surface area contributed by atoms with Gasteiger partial charge in [0.1, 0.15) is 0 Å². The first-order valence-electron chi connectivity index (χ1n) is 4.33. The van der Waals surface area contributed by atoms with E-state index in [2.05, 4.69) is 24.4 Å². The lowest BCUT2D eigenvalue weighted by Gasteiger charge is -2.02. The molecule has 1 aromatic rings. The lowest BCUT2D eigenvalue weighted by Crippen LogP contribution is -2.28. The van der Waals surface area contributed by atoms with Crippen molar-refractivity contribution >= 4 is 6.03 Å². The Hall–Kier alpha value is -1.51.